The summed E-state index contributed by atoms with van der Waals surface area (Å²) in [6.45, 7) is 6.51. The van der Waals surface area contributed by atoms with E-state index in [9.17, 15) is 0 Å². The fourth-order valence-corrected chi connectivity index (χ4v) is 1.77. The number of nitrogens with zero attached hydrogens (tertiary/aromatic N) is 3. The molecule has 1 N–H and O–H groups in total. The van der Waals surface area contributed by atoms with Gasteiger partial charge in [0.15, 0.2) is 5.16 Å². The molecule has 6 heteroatoms. The van der Waals surface area contributed by atoms with Crippen molar-refractivity contribution in [3.8, 4) is 6.01 Å². The highest BCUT2D eigenvalue weighted by molar-refractivity contribution is 7.99. The van der Waals surface area contributed by atoms with E-state index in [0.717, 1.165) is 0 Å². The lowest BCUT2D eigenvalue weighted by molar-refractivity contribution is 0.373. The molecular weight excluding hydrogens is 224 g/mol. The van der Waals surface area contributed by atoms with Crippen molar-refractivity contribution in [2.75, 3.05) is 19.5 Å². The topological polar surface area (TPSA) is 59.9 Å². The lowest BCUT2D eigenvalue weighted by Crippen LogP contribution is -2.08. The van der Waals surface area contributed by atoms with Gasteiger partial charge in [-0.15, -0.1) is 0 Å². The molecule has 0 amide bonds. The van der Waals surface area contributed by atoms with Crippen molar-refractivity contribution in [1.29, 1.82) is 0 Å². The molecule has 0 spiro atoms. The second-order valence-electron chi connectivity index (χ2n) is 3.75. The van der Waals surface area contributed by atoms with Crippen LogP contribution < -0.4 is 10.1 Å². The highest BCUT2D eigenvalue weighted by Gasteiger charge is 2.13. The third-order valence-corrected chi connectivity index (χ3v) is 3.54. The lowest BCUT2D eigenvalue weighted by atomic mass is 10.2. The summed E-state index contributed by atoms with van der Waals surface area (Å²) >= 11 is 1.63. The van der Waals surface area contributed by atoms with Crippen molar-refractivity contribution < 1.29 is 4.74 Å². The summed E-state index contributed by atoms with van der Waals surface area (Å²) < 4.78 is 5.02. The van der Waals surface area contributed by atoms with Crippen LogP contribution in [-0.4, -0.2) is 34.4 Å². The molecule has 0 aliphatic rings. The Morgan fingerprint density at radius 3 is 2.38 bits per heavy atom. The monoisotopic (exact) mass is 242 g/mol. The van der Waals surface area contributed by atoms with Crippen LogP contribution in [0.1, 0.15) is 20.8 Å². The van der Waals surface area contributed by atoms with Gasteiger partial charge in [0, 0.05) is 12.3 Å². The summed E-state index contributed by atoms with van der Waals surface area (Å²) in [7, 11) is 3.32. The first-order chi connectivity index (χ1) is 7.56. The molecule has 1 heterocycles. The van der Waals surface area contributed by atoms with E-state index >= 15 is 0 Å². The first-order valence-corrected chi connectivity index (χ1v) is 6.09. The fourth-order valence-electron chi connectivity index (χ4n) is 0.896. The van der Waals surface area contributed by atoms with Crippen LogP contribution in [0.25, 0.3) is 0 Å². The smallest absolute Gasteiger partial charge is 0.321 e. The van der Waals surface area contributed by atoms with Gasteiger partial charge in [-0.3, -0.25) is 0 Å². The van der Waals surface area contributed by atoms with Gasteiger partial charge < -0.3 is 10.1 Å². The Morgan fingerprint density at radius 2 is 1.88 bits per heavy atom. The van der Waals surface area contributed by atoms with Gasteiger partial charge in [-0.1, -0.05) is 32.5 Å². The van der Waals surface area contributed by atoms with Crippen molar-refractivity contribution in [2.45, 2.75) is 31.2 Å². The molecule has 1 atom stereocenters. The molecule has 0 bridgehead atoms. The standard InChI is InChI=1S/C10H18N4OS/c1-6(2)7(3)16-10-13-8(11-4)12-9(14-10)15-5/h6-7H,1-5H3,(H,11,12,13,14). The maximum Gasteiger partial charge on any atom is 0.321 e. The van der Waals surface area contributed by atoms with E-state index in [-0.39, 0.29) is 0 Å². The van der Waals surface area contributed by atoms with E-state index < -0.39 is 0 Å². The van der Waals surface area contributed by atoms with E-state index in [0.29, 0.717) is 28.3 Å². The molecule has 1 aromatic rings. The molecule has 1 unspecified atom stereocenters. The lowest BCUT2D eigenvalue weighted by Gasteiger charge is -2.14. The predicted octanol–water partition coefficient (Wildman–Crippen LogP) is 2.06. The minimum atomic E-state index is 0.345. The normalized spacial score (nSPS) is 12.6. The largest absolute Gasteiger partial charge is 0.467 e. The van der Waals surface area contributed by atoms with Gasteiger partial charge in [-0.2, -0.15) is 15.0 Å². The summed E-state index contributed by atoms with van der Waals surface area (Å²) in [5, 5.41) is 4.04. The molecule has 5 nitrogen and oxygen atoms in total. The minimum absolute atomic E-state index is 0.345. The van der Waals surface area contributed by atoms with Gasteiger partial charge in [-0.05, 0) is 5.92 Å². The number of anilines is 1. The Balaban J connectivity index is 2.86. The van der Waals surface area contributed by atoms with Crippen molar-refractivity contribution in [3.63, 3.8) is 0 Å². The Morgan fingerprint density at radius 1 is 1.19 bits per heavy atom. The molecule has 1 rings (SSSR count). The molecule has 0 fully saturated rings. The Kier molecular flexibility index (Phi) is 4.79. The molecule has 16 heavy (non-hydrogen) atoms. The van der Waals surface area contributed by atoms with E-state index in [2.05, 4.69) is 41.0 Å². The van der Waals surface area contributed by atoms with Crippen molar-refractivity contribution in [2.24, 2.45) is 5.92 Å². The molecule has 0 aliphatic heterocycles. The number of aromatic nitrogens is 3. The zero-order valence-corrected chi connectivity index (χ0v) is 11.1. The van der Waals surface area contributed by atoms with Gasteiger partial charge in [-0.25, -0.2) is 0 Å². The summed E-state index contributed by atoms with van der Waals surface area (Å²) in [5.41, 5.74) is 0. The number of rotatable bonds is 5. The maximum absolute atomic E-state index is 5.02. The third kappa shape index (κ3) is 3.52. The Labute approximate surface area is 100 Å². The summed E-state index contributed by atoms with van der Waals surface area (Å²) in [6, 6.07) is 0.345. The Bertz CT molecular complexity index is 323. The first kappa shape index (κ1) is 13.0. The molecule has 0 radical (unpaired) electrons. The third-order valence-electron chi connectivity index (χ3n) is 2.23. The summed E-state index contributed by atoms with van der Waals surface area (Å²) in [6.07, 6.45) is 0. The van der Waals surface area contributed by atoms with Crippen LogP contribution in [-0.2, 0) is 0 Å². The maximum atomic E-state index is 5.02. The van der Waals surface area contributed by atoms with Gasteiger partial charge in [0.2, 0.25) is 5.95 Å². The zero-order valence-electron chi connectivity index (χ0n) is 10.3. The van der Waals surface area contributed by atoms with E-state index in [4.69, 9.17) is 4.74 Å². The average molecular weight is 242 g/mol. The second kappa shape index (κ2) is 5.89. The number of methoxy groups -OCH3 is 1. The van der Waals surface area contributed by atoms with Crippen LogP contribution in [0.5, 0.6) is 6.01 Å². The van der Waals surface area contributed by atoms with E-state index in [1.807, 2.05) is 0 Å². The molecule has 1 aromatic heterocycles. The minimum Gasteiger partial charge on any atom is -0.467 e. The van der Waals surface area contributed by atoms with Crippen LogP contribution >= 0.6 is 11.8 Å². The van der Waals surface area contributed by atoms with Crippen molar-refractivity contribution in [1.82, 2.24) is 15.0 Å². The first-order valence-electron chi connectivity index (χ1n) is 5.21. The van der Waals surface area contributed by atoms with Crippen LogP contribution in [0.4, 0.5) is 5.95 Å². The highest BCUT2D eigenvalue weighted by Crippen LogP contribution is 2.26. The second-order valence-corrected chi connectivity index (χ2v) is 5.09. The number of hydrogen-bond acceptors (Lipinski definition) is 6. The summed E-state index contributed by atoms with van der Waals surface area (Å²) in [4.78, 5) is 12.5. The molecule has 0 aliphatic carbocycles. The number of thioether (sulfide) groups is 1. The van der Waals surface area contributed by atoms with Gasteiger partial charge in [0.25, 0.3) is 0 Å². The van der Waals surface area contributed by atoms with Gasteiger partial charge in [0.05, 0.1) is 7.11 Å². The molecule has 0 aromatic carbocycles. The number of nitrogens with one attached hydrogen (secondary N) is 1. The van der Waals surface area contributed by atoms with Crippen molar-refractivity contribution >= 4 is 17.7 Å². The van der Waals surface area contributed by atoms with E-state index in [1.54, 1.807) is 25.9 Å². The van der Waals surface area contributed by atoms with Gasteiger partial charge >= 0.3 is 6.01 Å². The van der Waals surface area contributed by atoms with E-state index in [1.165, 1.54) is 0 Å². The fraction of sp³-hybridized carbons (Fsp3) is 0.700. The zero-order chi connectivity index (χ0) is 12.1. The van der Waals surface area contributed by atoms with Gasteiger partial charge in [0.1, 0.15) is 0 Å². The van der Waals surface area contributed by atoms with Crippen LogP contribution in [0.15, 0.2) is 5.16 Å². The highest BCUT2D eigenvalue weighted by atomic mass is 32.2. The molecule has 0 saturated carbocycles. The average Bonchev–Trinajstić information content (AvgIpc) is 2.28. The predicted molar refractivity (Wildman–Crippen MR) is 66.1 cm³/mol. The van der Waals surface area contributed by atoms with Crippen LogP contribution in [0.2, 0.25) is 0 Å². The SMILES string of the molecule is CNc1nc(OC)nc(SC(C)C(C)C)n1. The number of hydrogen-bond donors (Lipinski definition) is 1. The Hall–Kier alpha value is -1.04. The molecular formula is C10H18N4OS. The van der Waals surface area contributed by atoms with Crippen molar-refractivity contribution in [3.05, 3.63) is 0 Å². The molecule has 0 saturated heterocycles. The quantitative estimate of drug-likeness (QED) is 0.797. The van der Waals surface area contributed by atoms with Crippen LogP contribution in [0.3, 0.4) is 0 Å². The van der Waals surface area contributed by atoms with Crippen LogP contribution in [0, 0.1) is 5.92 Å². The number of ether oxygens (including phenoxy) is 1. The molecule has 90 valence electrons. The summed E-state index contributed by atoms with van der Waals surface area (Å²) in [5.74, 6) is 1.11.